The van der Waals surface area contributed by atoms with Gasteiger partial charge in [0.25, 0.3) is 11.6 Å². The summed E-state index contributed by atoms with van der Waals surface area (Å²) in [5, 5.41) is 14.5. The highest BCUT2D eigenvalue weighted by molar-refractivity contribution is 6.05. The van der Waals surface area contributed by atoms with Crippen LogP contribution in [-0.2, 0) is 6.42 Å². The number of oxazole rings is 1. The van der Waals surface area contributed by atoms with E-state index in [1.54, 1.807) is 30.3 Å². The van der Waals surface area contributed by atoms with E-state index in [1.807, 2.05) is 29.2 Å². The third kappa shape index (κ3) is 4.22. The lowest BCUT2D eigenvalue weighted by atomic mass is 10.1. The first-order valence-corrected chi connectivity index (χ1v) is 11.4. The Morgan fingerprint density at radius 3 is 2.56 bits per heavy atom. The molecule has 8 nitrogen and oxygen atoms in total. The molecule has 0 aliphatic carbocycles. The molecule has 34 heavy (non-hydrogen) atoms. The second kappa shape index (κ2) is 8.97. The molecule has 8 heteroatoms. The third-order valence-corrected chi connectivity index (χ3v) is 6.14. The van der Waals surface area contributed by atoms with Crippen molar-refractivity contribution in [3.05, 3.63) is 81.9 Å². The van der Waals surface area contributed by atoms with Crippen LogP contribution in [0.4, 0.5) is 17.1 Å². The van der Waals surface area contributed by atoms with E-state index in [-0.39, 0.29) is 11.3 Å². The molecule has 1 fully saturated rings. The molecule has 0 bridgehead atoms. The average molecular weight is 457 g/mol. The summed E-state index contributed by atoms with van der Waals surface area (Å²) in [5.74, 6) is 0.0866. The van der Waals surface area contributed by atoms with Crippen LogP contribution in [0.25, 0.3) is 22.6 Å². The van der Waals surface area contributed by atoms with Crippen LogP contribution < -0.4 is 10.2 Å². The van der Waals surface area contributed by atoms with Gasteiger partial charge in [0.05, 0.1) is 4.92 Å². The fourth-order valence-electron chi connectivity index (χ4n) is 4.25. The molecule has 3 aromatic carbocycles. The van der Waals surface area contributed by atoms with Gasteiger partial charge in [0, 0.05) is 36.0 Å². The molecule has 4 aromatic rings. The van der Waals surface area contributed by atoms with Gasteiger partial charge in [0.1, 0.15) is 11.2 Å². The molecule has 0 radical (unpaired) electrons. The number of carbonyl (C=O) groups is 1. The molecule has 1 aromatic heterocycles. The van der Waals surface area contributed by atoms with E-state index in [9.17, 15) is 14.9 Å². The number of amides is 1. The summed E-state index contributed by atoms with van der Waals surface area (Å²) >= 11 is 0. The lowest BCUT2D eigenvalue weighted by Crippen LogP contribution is -2.19. The van der Waals surface area contributed by atoms with Gasteiger partial charge in [0.2, 0.25) is 5.89 Å². The maximum absolute atomic E-state index is 12.9. The van der Waals surface area contributed by atoms with Crippen molar-refractivity contribution in [1.82, 2.24) is 4.98 Å². The van der Waals surface area contributed by atoms with Crippen molar-refractivity contribution in [2.45, 2.75) is 26.2 Å². The van der Waals surface area contributed by atoms with Crippen LogP contribution in [0.5, 0.6) is 0 Å². The minimum Gasteiger partial charge on any atom is -0.436 e. The van der Waals surface area contributed by atoms with Crippen molar-refractivity contribution in [1.29, 1.82) is 0 Å². The van der Waals surface area contributed by atoms with E-state index in [0.29, 0.717) is 28.4 Å². The Balaban J connectivity index is 1.37. The highest BCUT2D eigenvalue weighted by Crippen LogP contribution is 2.32. The van der Waals surface area contributed by atoms with Crippen molar-refractivity contribution in [3.8, 4) is 11.5 Å². The van der Waals surface area contributed by atoms with Gasteiger partial charge in [0.15, 0.2) is 5.58 Å². The fraction of sp³-hybridized carbons (Fsp3) is 0.231. The molecule has 1 amide bonds. The minimum atomic E-state index is -0.430. The molecule has 1 aliphatic rings. The summed E-state index contributed by atoms with van der Waals surface area (Å²) in [6.45, 7) is 3.67. The molecule has 0 spiro atoms. The lowest BCUT2D eigenvalue weighted by molar-refractivity contribution is -0.384. The van der Waals surface area contributed by atoms with Crippen molar-refractivity contribution >= 4 is 34.1 Å². The van der Waals surface area contributed by atoms with Gasteiger partial charge in [-0.3, -0.25) is 14.9 Å². The number of nitro benzene ring substituents is 1. The minimum absolute atomic E-state index is 0.0553. The van der Waals surface area contributed by atoms with Gasteiger partial charge >= 0.3 is 0 Å². The third-order valence-electron chi connectivity index (χ3n) is 6.14. The van der Waals surface area contributed by atoms with Crippen LogP contribution in [-0.4, -0.2) is 28.9 Å². The fourth-order valence-corrected chi connectivity index (χ4v) is 4.25. The van der Waals surface area contributed by atoms with Crippen molar-refractivity contribution in [2.75, 3.05) is 23.3 Å². The van der Waals surface area contributed by atoms with Crippen molar-refractivity contribution in [2.24, 2.45) is 0 Å². The normalized spacial score (nSPS) is 13.4. The smallest absolute Gasteiger partial charge is 0.293 e. The van der Waals surface area contributed by atoms with Gasteiger partial charge in [-0.2, -0.15) is 0 Å². The zero-order valence-electron chi connectivity index (χ0n) is 18.8. The second-order valence-corrected chi connectivity index (χ2v) is 8.36. The molecule has 1 aliphatic heterocycles. The van der Waals surface area contributed by atoms with Crippen LogP contribution in [0.15, 0.2) is 65.1 Å². The van der Waals surface area contributed by atoms with Gasteiger partial charge in [-0.05, 0) is 67.3 Å². The molecule has 0 saturated carbocycles. The Morgan fingerprint density at radius 2 is 1.85 bits per heavy atom. The topological polar surface area (TPSA) is 102 Å². The summed E-state index contributed by atoms with van der Waals surface area (Å²) in [7, 11) is 0. The first-order valence-electron chi connectivity index (χ1n) is 11.4. The first kappa shape index (κ1) is 21.6. The maximum Gasteiger partial charge on any atom is 0.293 e. The van der Waals surface area contributed by atoms with Crippen LogP contribution in [0, 0.1) is 10.1 Å². The zero-order valence-corrected chi connectivity index (χ0v) is 18.8. The highest BCUT2D eigenvalue weighted by atomic mass is 16.6. The van der Waals surface area contributed by atoms with E-state index in [1.165, 1.54) is 11.6 Å². The number of carbonyl (C=O) groups excluding carboxylic acids is 1. The number of nitrogens with zero attached hydrogens (tertiary/aromatic N) is 3. The predicted octanol–water partition coefficient (Wildman–Crippen LogP) is 5.82. The van der Waals surface area contributed by atoms with Crippen LogP contribution >= 0.6 is 0 Å². The number of nitrogens with one attached hydrogen (secondary N) is 1. The number of rotatable bonds is 6. The number of fused-ring (bicyclic) bond motifs is 1. The van der Waals surface area contributed by atoms with Gasteiger partial charge < -0.3 is 14.6 Å². The van der Waals surface area contributed by atoms with Crippen LogP contribution in [0.3, 0.4) is 0 Å². The number of benzene rings is 3. The number of anilines is 2. The molecule has 1 saturated heterocycles. The van der Waals surface area contributed by atoms with E-state index in [4.69, 9.17) is 4.42 Å². The molecule has 0 atom stereocenters. The summed E-state index contributed by atoms with van der Waals surface area (Å²) < 4.78 is 5.87. The maximum atomic E-state index is 12.9. The lowest BCUT2D eigenvalue weighted by Gasteiger charge is -2.17. The number of hydrogen-bond donors (Lipinski definition) is 1. The summed E-state index contributed by atoms with van der Waals surface area (Å²) in [6.07, 6.45) is 2.98. The van der Waals surface area contributed by atoms with E-state index in [2.05, 4.69) is 17.2 Å². The monoisotopic (exact) mass is 456 g/mol. The predicted molar refractivity (Wildman–Crippen MR) is 131 cm³/mol. The van der Waals surface area contributed by atoms with E-state index >= 15 is 0 Å². The van der Waals surface area contributed by atoms with Crippen LogP contribution in [0.1, 0.15) is 35.7 Å². The van der Waals surface area contributed by atoms with E-state index < -0.39 is 10.8 Å². The second-order valence-electron chi connectivity index (χ2n) is 8.36. The Bertz CT molecular complexity index is 1370. The SMILES string of the molecule is CCc1ccc(-c2nc3cc(NC(=O)c4ccc(N5CCCC5)c([N+](=O)[O-])c4)ccc3o2)cc1. The average Bonchev–Trinajstić information content (AvgIpc) is 3.54. The Labute approximate surface area is 196 Å². The largest absolute Gasteiger partial charge is 0.436 e. The van der Waals surface area contributed by atoms with Gasteiger partial charge in [-0.15, -0.1) is 0 Å². The standard InChI is InChI=1S/C26H24N4O4/c1-2-17-5-7-18(8-6-17)26-28-21-16-20(10-12-24(21)34-26)27-25(31)19-9-11-22(23(15-19)30(32)33)29-13-3-4-14-29/h5-12,15-16H,2-4,13-14H2,1H3,(H,27,31). The molecule has 172 valence electrons. The van der Waals surface area contributed by atoms with Crippen LogP contribution in [0.2, 0.25) is 0 Å². The molecular formula is C26H24N4O4. The summed E-state index contributed by atoms with van der Waals surface area (Å²) in [4.78, 5) is 30.6. The highest BCUT2D eigenvalue weighted by Gasteiger charge is 2.24. The van der Waals surface area contributed by atoms with Gasteiger partial charge in [-0.1, -0.05) is 19.1 Å². The quantitative estimate of drug-likeness (QED) is 0.290. The van der Waals surface area contributed by atoms with Crippen molar-refractivity contribution in [3.63, 3.8) is 0 Å². The van der Waals surface area contributed by atoms with Crippen molar-refractivity contribution < 1.29 is 14.1 Å². The Morgan fingerprint density at radius 1 is 1.09 bits per heavy atom. The molecule has 2 heterocycles. The number of nitro groups is 1. The van der Waals surface area contributed by atoms with Gasteiger partial charge in [-0.25, -0.2) is 4.98 Å². The molecule has 1 N–H and O–H groups in total. The molecule has 5 rings (SSSR count). The number of aryl methyl sites for hydroxylation is 1. The molecule has 0 unspecified atom stereocenters. The number of aromatic nitrogens is 1. The molecular weight excluding hydrogens is 432 g/mol. The Hall–Kier alpha value is -4.20. The Kier molecular flexibility index (Phi) is 5.71. The zero-order chi connectivity index (χ0) is 23.7. The summed E-state index contributed by atoms with van der Waals surface area (Å²) in [5.41, 5.74) is 4.60. The van der Waals surface area contributed by atoms with E-state index in [0.717, 1.165) is 37.9 Å². The summed E-state index contributed by atoms with van der Waals surface area (Å²) in [6, 6.07) is 17.9. The number of hydrogen-bond acceptors (Lipinski definition) is 6. The first-order chi connectivity index (χ1) is 16.5.